The molecule has 6 heteroatoms. The highest BCUT2D eigenvalue weighted by atomic mass is 16.5. The van der Waals surface area contributed by atoms with Gasteiger partial charge in [-0.05, 0) is 36.2 Å². The second kappa shape index (κ2) is 8.58. The highest BCUT2D eigenvalue weighted by Gasteiger charge is 2.21. The van der Waals surface area contributed by atoms with Crippen LogP contribution in [0.25, 0.3) is 0 Å². The first-order valence-corrected chi connectivity index (χ1v) is 8.65. The third kappa shape index (κ3) is 5.00. The van der Waals surface area contributed by atoms with Gasteiger partial charge in [0, 0.05) is 32.7 Å². The van der Waals surface area contributed by atoms with E-state index in [1.807, 2.05) is 41.3 Å². The number of nitrogens with one attached hydrogen (secondary N) is 1. The number of methoxy groups -OCH3 is 1. The fourth-order valence-corrected chi connectivity index (χ4v) is 2.95. The monoisotopic (exact) mass is 343 g/mol. The Morgan fingerprint density at radius 2 is 1.92 bits per heavy atom. The van der Waals surface area contributed by atoms with Crippen LogP contribution in [0, 0.1) is 0 Å². The van der Waals surface area contributed by atoms with E-state index in [0.29, 0.717) is 6.54 Å². The fraction of sp³-hybridized carbons (Fsp3) is 0.421. The molecule has 0 aliphatic carbocycles. The molecule has 2 amide bonds. The van der Waals surface area contributed by atoms with E-state index in [1.54, 1.807) is 13.4 Å². The summed E-state index contributed by atoms with van der Waals surface area (Å²) in [7, 11) is 1.66. The third-order valence-electron chi connectivity index (χ3n) is 4.47. The lowest BCUT2D eigenvalue weighted by Gasteiger charge is -2.34. The zero-order valence-corrected chi connectivity index (χ0v) is 14.6. The van der Waals surface area contributed by atoms with Crippen molar-refractivity contribution >= 4 is 6.03 Å². The lowest BCUT2D eigenvalue weighted by Crippen LogP contribution is -2.51. The lowest BCUT2D eigenvalue weighted by molar-refractivity contribution is 0.130. The van der Waals surface area contributed by atoms with Crippen LogP contribution in [-0.4, -0.2) is 55.7 Å². The van der Waals surface area contributed by atoms with Crippen LogP contribution < -0.4 is 10.1 Å². The molecule has 1 N–H and O–H groups in total. The standard InChI is InChI=1S/C19H25N3O3/c1-24-17-6-4-16(5-7-17)8-9-20-19(23)22-12-10-21(11-13-22)15-18-3-2-14-25-18/h2-7,14H,8-13,15H2,1H3,(H,20,23). The summed E-state index contributed by atoms with van der Waals surface area (Å²) >= 11 is 0. The van der Waals surface area contributed by atoms with Gasteiger partial charge in [0.15, 0.2) is 0 Å². The van der Waals surface area contributed by atoms with Gasteiger partial charge >= 0.3 is 6.03 Å². The maximum Gasteiger partial charge on any atom is 0.317 e. The van der Waals surface area contributed by atoms with E-state index in [4.69, 9.17) is 9.15 Å². The van der Waals surface area contributed by atoms with E-state index in [1.165, 1.54) is 5.56 Å². The van der Waals surface area contributed by atoms with Crippen molar-refractivity contribution in [3.05, 3.63) is 54.0 Å². The molecule has 1 aromatic heterocycles. The second-order valence-electron chi connectivity index (χ2n) is 6.17. The summed E-state index contributed by atoms with van der Waals surface area (Å²) in [6, 6.07) is 11.8. The number of urea groups is 1. The molecule has 1 aliphatic heterocycles. The molecule has 0 radical (unpaired) electrons. The molecular formula is C19H25N3O3. The molecule has 3 rings (SSSR count). The van der Waals surface area contributed by atoms with Crippen LogP contribution >= 0.6 is 0 Å². The minimum atomic E-state index is 0.0196. The van der Waals surface area contributed by atoms with Gasteiger partial charge in [0.25, 0.3) is 0 Å². The summed E-state index contributed by atoms with van der Waals surface area (Å²) in [6.45, 7) is 4.67. The molecule has 6 nitrogen and oxygen atoms in total. The van der Waals surface area contributed by atoms with Crippen molar-refractivity contribution in [2.24, 2.45) is 0 Å². The third-order valence-corrected chi connectivity index (χ3v) is 4.47. The van der Waals surface area contributed by atoms with Gasteiger partial charge in [-0.2, -0.15) is 0 Å². The van der Waals surface area contributed by atoms with Crippen molar-refractivity contribution < 1.29 is 13.9 Å². The Hall–Kier alpha value is -2.47. The summed E-state index contributed by atoms with van der Waals surface area (Å²) in [5.41, 5.74) is 1.18. The molecule has 0 saturated carbocycles. The normalized spacial score (nSPS) is 15.2. The molecule has 0 bridgehead atoms. The molecule has 0 unspecified atom stereocenters. The maximum absolute atomic E-state index is 12.3. The van der Waals surface area contributed by atoms with Crippen molar-refractivity contribution in [1.29, 1.82) is 0 Å². The summed E-state index contributed by atoms with van der Waals surface area (Å²) in [6.07, 6.45) is 2.51. The Morgan fingerprint density at radius 1 is 1.16 bits per heavy atom. The number of piperazine rings is 1. The minimum Gasteiger partial charge on any atom is -0.497 e. The molecule has 1 aliphatic rings. The number of benzene rings is 1. The Balaban J connectivity index is 1.36. The molecule has 2 heterocycles. The molecule has 0 atom stereocenters. The topological polar surface area (TPSA) is 58.0 Å². The van der Waals surface area contributed by atoms with Gasteiger partial charge in [-0.25, -0.2) is 4.79 Å². The Bertz CT molecular complexity index is 647. The van der Waals surface area contributed by atoms with Gasteiger partial charge in [-0.15, -0.1) is 0 Å². The first kappa shape index (κ1) is 17.4. The predicted molar refractivity (Wildman–Crippen MR) is 95.7 cm³/mol. The molecule has 134 valence electrons. The van der Waals surface area contributed by atoms with Gasteiger partial charge in [-0.3, -0.25) is 4.90 Å². The van der Waals surface area contributed by atoms with Gasteiger partial charge in [-0.1, -0.05) is 12.1 Å². The van der Waals surface area contributed by atoms with Crippen LogP contribution in [0.3, 0.4) is 0 Å². The van der Waals surface area contributed by atoms with E-state index < -0.39 is 0 Å². The molecular weight excluding hydrogens is 318 g/mol. The SMILES string of the molecule is COc1ccc(CCNC(=O)N2CCN(Cc3ccco3)CC2)cc1. The Labute approximate surface area is 148 Å². The predicted octanol–water partition coefficient (Wildman–Crippen LogP) is 2.36. The molecule has 25 heavy (non-hydrogen) atoms. The van der Waals surface area contributed by atoms with Crippen molar-refractivity contribution in [3.8, 4) is 5.75 Å². The van der Waals surface area contributed by atoms with Gasteiger partial charge in [0.1, 0.15) is 11.5 Å². The molecule has 1 aromatic carbocycles. The van der Waals surface area contributed by atoms with Crippen LogP contribution in [0.1, 0.15) is 11.3 Å². The minimum absolute atomic E-state index is 0.0196. The lowest BCUT2D eigenvalue weighted by atomic mass is 10.1. The summed E-state index contributed by atoms with van der Waals surface area (Å²) in [5.74, 6) is 1.82. The molecule has 0 spiro atoms. The summed E-state index contributed by atoms with van der Waals surface area (Å²) < 4.78 is 10.5. The van der Waals surface area contributed by atoms with E-state index in [2.05, 4.69) is 10.2 Å². The summed E-state index contributed by atoms with van der Waals surface area (Å²) in [5, 5.41) is 3.01. The van der Waals surface area contributed by atoms with Crippen LogP contribution in [0.4, 0.5) is 4.79 Å². The molecule has 1 saturated heterocycles. The number of furan rings is 1. The fourth-order valence-electron chi connectivity index (χ4n) is 2.95. The first-order valence-electron chi connectivity index (χ1n) is 8.65. The van der Waals surface area contributed by atoms with Gasteiger partial charge in [0.05, 0.1) is 19.9 Å². The number of rotatable bonds is 6. The number of amides is 2. The van der Waals surface area contributed by atoms with Crippen LogP contribution in [-0.2, 0) is 13.0 Å². The number of hydrogen-bond acceptors (Lipinski definition) is 4. The van der Waals surface area contributed by atoms with Gasteiger partial charge < -0.3 is 19.4 Å². The first-order chi connectivity index (χ1) is 12.2. The number of nitrogens with zero attached hydrogens (tertiary/aromatic N) is 2. The molecule has 1 fully saturated rings. The molecule has 2 aromatic rings. The number of carbonyl (C=O) groups excluding carboxylic acids is 1. The quantitative estimate of drug-likeness (QED) is 0.875. The summed E-state index contributed by atoms with van der Waals surface area (Å²) in [4.78, 5) is 16.5. The van der Waals surface area contributed by atoms with Crippen LogP contribution in [0.15, 0.2) is 47.1 Å². The smallest absolute Gasteiger partial charge is 0.317 e. The Kier molecular flexibility index (Phi) is 5.95. The Morgan fingerprint density at radius 3 is 2.56 bits per heavy atom. The average Bonchev–Trinajstić information content (AvgIpc) is 3.16. The van der Waals surface area contributed by atoms with E-state index in [9.17, 15) is 4.79 Å². The van der Waals surface area contributed by atoms with Crippen LogP contribution in [0.5, 0.6) is 5.75 Å². The average molecular weight is 343 g/mol. The highest BCUT2D eigenvalue weighted by Crippen LogP contribution is 2.12. The largest absolute Gasteiger partial charge is 0.497 e. The van der Waals surface area contributed by atoms with Crippen molar-refractivity contribution in [2.75, 3.05) is 39.8 Å². The van der Waals surface area contributed by atoms with E-state index in [-0.39, 0.29) is 6.03 Å². The number of ether oxygens (including phenoxy) is 1. The van der Waals surface area contributed by atoms with Crippen molar-refractivity contribution in [3.63, 3.8) is 0 Å². The van der Waals surface area contributed by atoms with Crippen molar-refractivity contribution in [2.45, 2.75) is 13.0 Å². The zero-order valence-electron chi connectivity index (χ0n) is 14.6. The highest BCUT2D eigenvalue weighted by molar-refractivity contribution is 5.74. The zero-order chi connectivity index (χ0) is 17.5. The van der Waals surface area contributed by atoms with E-state index >= 15 is 0 Å². The van der Waals surface area contributed by atoms with Crippen LogP contribution in [0.2, 0.25) is 0 Å². The maximum atomic E-state index is 12.3. The number of carbonyl (C=O) groups is 1. The van der Waals surface area contributed by atoms with E-state index in [0.717, 1.165) is 50.7 Å². The van der Waals surface area contributed by atoms with Crippen molar-refractivity contribution in [1.82, 2.24) is 15.1 Å². The second-order valence-corrected chi connectivity index (χ2v) is 6.17. The number of hydrogen-bond donors (Lipinski definition) is 1. The van der Waals surface area contributed by atoms with Gasteiger partial charge in [0.2, 0.25) is 0 Å².